The molecule has 0 aliphatic heterocycles. The van der Waals surface area contributed by atoms with Crippen LogP contribution in [-0.2, 0) is 19.6 Å². The van der Waals surface area contributed by atoms with E-state index in [-0.39, 0.29) is 29.7 Å². The largest absolute Gasteiger partial charge is 0.469 e. The number of nitrogens with one attached hydrogen (secondary N) is 1. The standard InChI is InChI=1S/C10H14ClN3O4S/c1-7-6-8(11)13-10(12-7)14-19(16,17)5-3-4-9(15)18-2/h6H,3-5H2,1-2H3,(H,12,13,14). The molecule has 0 radical (unpaired) electrons. The van der Waals surface area contributed by atoms with Crippen LogP contribution in [0.1, 0.15) is 18.5 Å². The number of methoxy groups -OCH3 is 1. The second-order valence-electron chi connectivity index (χ2n) is 3.76. The molecule has 0 aliphatic carbocycles. The number of sulfonamides is 1. The molecule has 1 rings (SSSR count). The van der Waals surface area contributed by atoms with E-state index in [2.05, 4.69) is 19.4 Å². The molecule has 0 aliphatic rings. The number of nitrogens with zero attached hydrogens (tertiary/aromatic N) is 2. The van der Waals surface area contributed by atoms with Crippen molar-refractivity contribution in [2.45, 2.75) is 19.8 Å². The number of rotatable bonds is 6. The van der Waals surface area contributed by atoms with Gasteiger partial charge in [0.05, 0.1) is 12.9 Å². The number of aromatic nitrogens is 2. The fraction of sp³-hybridized carbons (Fsp3) is 0.500. The molecule has 0 aromatic carbocycles. The normalized spacial score (nSPS) is 11.1. The van der Waals surface area contributed by atoms with Crippen molar-refractivity contribution in [1.29, 1.82) is 0 Å². The molecule has 106 valence electrons. The molecule has 0 saturated carbocycles. The Labute approximate surface area is 116 Å². The van der Waals surface area contributed by atoms with E-state index in [9.17, 15) is 13.2 Å². The van der Waals surface area contributed by atoms with Gasteiger partial charge in [0.15, 0.2) is 0 Å². The minimum absolute atomic E-state index is 0.0346. The van der Waals surface area contributed by atoms with Crippen LogP contribution >= 0.6 is 11.6 Å². The van der Waals surface area contributed by atoms with Crippen LogP contribution in [0.3, 0.4) is 0 Å². The molecule has 0 bridgehead atoms. The lowest BCUT2D eigenvalue weighted by Gasteiger charge is -2.07. The molecule has 1 aromatic rings. The number of ether oxygens (including phenoxy) is 1. The van der Waals surface area contributed by atoms with Crippen molar-refractivity contribution in [3.63, 3.8) is 0 Å². The molecule has 0 amide bonds. The number of carbonyl (C=O) groups excluding carboxylic acids is 1. The van der Waals surface area contributed by atoms with Gasteiger partial charge in [0, 0.05) is 12.1 Å². The van der Waals surface area contributed by atoms with Gasteiger partial charge >= 0.3 is 5.97 Å². The third-order valence-electron chi connectivity index (χ3n) is 2.09. The summed E-state index contributed by atoms with van der Waals surface area (Å²) >= 11 is 5.70. The molecular formula is C10H14ClN3O4S. The number of hydrogen-bond donors (Lipinski definition) is 1. The highest BCUT2D eigenvalue weighted by molar-refractivity contribution is 7.92. The van der Waals surface area contributed by atoms with Crippen molar-refractivity contribution in [3.8, 4) is 0 Å². The molecule has 0 saturated heterocycles. The van der Waals surface area contributed by atoms with E-state index in [4.69, 9.17) is 11.6 Å². The molecule has 7 nitrogen and oxygen atoms in total. The molecule has 9 heteroatoms. The first kappa shape index (κ1) is 15.6. The number of hydrogen-bond acceptors (Lipinski definition) is 6. The molecule has 0 fully saturated rings. The summed E-state index contributed by atoms with van der Waals surface area (Å²) in [4.78, 5) is 18.5. The Balaban J connectivity index is 2.61. The minimum Gasteiger partial charge on any atom is -0.469 e. The highest BCUT2D eigenvalue weighted by atomic mass is 35.5. The van der Waals surface area contributed by atoms with Crippen LogP contribution in [0.5, 0.6) is 0 Å². The number of anilines is 1. The average molecular weight is 308 g/mol. The minimum atomic E-state index is -3.61. The fourth-order valence-corrected chi connectivity index (χ4v) is 2.51. The van der Waals surface area contributed by atoms with Gasteiger partial charge in [-0.3, -0.25) is 9.52 Å². The topological polar surface area (TPSA) is 98.2 Å². The Morgan fingerprint density at radius 3 is 2.74 bits per heavy atom. The van der Waals surface area contributed by atoms with E-state index in [0.717, 1.165) is 0 Å². The zero-order chi connectivity index (χ0) is 14.5. The first-order valence-electron chi connectivity index (χ1n) is 5.41. The molecule has 19 heavy (non-hydrogen) atoms. The Hall–Kier alpha value is -1.41. The van der Waals surface area contributed by atoms with Crippen LogP contribution in [0.25, 0.3) is 0 Å². The Morgan fingerprint density at radius 1 is 1.47 bits per heavy atom. The molecule has 1 N–H and O–H groups in total. The molecule has 0 atom stereocenters. The van der Waals surface area contributed by atoms with Crippen LogP contribution in [0.4, 0.5) is 5.95 Å². The zero-order valence-corrected chi connectivity index (χ0v) is 12.1. The van der Waals surface area contributed by atoms with Gasteiger partial charge in [0.2, 0.25) is 16.0 Å². The van der Waals surface area contributed by atoms with Gasteiger partial charge in [-0.05, 0) is 19.4 Å². The van der Waals surface area contributed by atoms with Crippen LogP contribution < -0.4 is 4.72 Å². The average Bonchev–Trinajstić information content (AvgIpc) is 2.26. The van der Waals surface area contributed by atoms with Crippen LogP contribution in [0.2, 0.25) is 5.15 Å². The second kappa shape index (κ2) is 6.67. The Bertz CT molecular complexity index is 542. The van der Waals surface area contributed by atoms with Gasteiger partial charge in [-0.1, -0.05) is 11.6 Å². The van der Waals surface area contributed by atoms with E-state index in [0.29, 0.717) is 5.69 Å². The first-order valence-corrected chi connectivity index (χ1v) is 7.44. The van der Waals surface area contributed by atoms with E-state index in [1.165, 1.54) is 13.2 Å². The lowest BCUT2D eigenvalue weighted by molar-refractivity contribution is -0.140. The third-order valence-corrected chi connectivity index (χ3v) is 3.60. The predicted molar refractivity (Wildman–Crippen MR) is 70.4 cm³/mol. The van der Waals surface area contributed by atoms with Gasteiger partial charge in [0.1, 0.15) is 5.15 Å². The quantitative estimate of drug-likeness (QED) is 0.625. The molecule has 0 spiro atoms. The maximum absolute atomic E-state index is 11.7. The molecule has 1 heterocycles. The number of esters is 1. The zero-order valence-electron chi connectivity index (χ0n) is 10.5. The van der Waals surface area contributed by atoms with Crippen molar-refractivity contribution in [2.75, 3.05) is 17.6 Å². The lowest BCUT2D eigenvalue weighted by Crippen LogP contribution is -2.19. The van der Waals surface area contributed by atoms with E-state index in [1.807, 2.05) is 0 Å². The Morgan fingerprint density at radius 2 is 2.16 bits per heavy atom. The fourth-order valence-electron chi connectivity index (χ4n) is 1.27. The van der Waals surface area contributed by atoms with Crippen molar-refractivity contribution in [2.24, 2.45) is 0 Å². The van der Waals surface area contributed by atoms with Gasteiger partial charge in [-0.25, -0.2) is 18.4 Å². The summed E-state index contributed by atoms with van der Waals surface area (Å²) in [6.07, 6.45) is 0.189. The molecular weight excluding hydrogens is 294 g/mol. The maximum atomic E-state index is 11.7. The summed E-state index contributed by atoms with van der Waals surface area (Å²) in [6, 6.07) is 1.51. The van der Waals surface area contributed by atoms with Gasteiger partial charge in [0.25, 0.3) is 0 Å². The summed E-state index contributed by atoms with van der Waals surface area (Å²) in [5.74, 6) is -0.759. The van der Waals surface area contributed by atoms with Crippen LogP contribution in [-0.4, -0.2) is 37.2 Å². The SMILES string of the molecule is COC(=O)CCCS(=O)(=O)Nc1nc(C)cc(Cl)n1. The monoisotopic (exact) mass is 307 g/mol. The number of carbonyl (C=O) groups is 1. The van der Waals surface area contributed by atoms with Crippen molar-refractivity contribution < 1.29 is 17.9 Å². The molecule has 0 unspecified atom stereocenters. The highest BCUT2D eigenvalue weighted by Gasteiger charge is 2.14. The highest BCUT2D eigenvalue weighted by Crippen LogP contribution is 2.11. The smallest absolute Gasteiger partial charge is 0.305 e. The summed E-state index contributed by atoms with van der Waals surface area (Å²) < 4.78 is 30.0. The third kappa shape index (κ3) is 5.84. The summed E-state index contributed by atoms with van der Waals surface area (Å²) in [5, 5.41) is 0.153. The lowest BCUT2D eigenvalue weighted by atomic mass is 10.3. The van der Waals surface area contributed by atoms with Crippen LogP contribution in [0.15, 0.2) is 6.07 Å². The van der Waals surface area contributed by atoms with Crippen molar-refractivity contribution in [3.05, 3.63) is 16.9 Å². The van der Waals surface area contributed by atoms with Crippen LogP contribution in [0, 0.1) is 6.92 Å². The Kier molecular flexibility index (Phi) is 5.49. The summed E-state index contributed by atoms with van der Waals surface area (Å²) in [7, 11) is -2.37. The van der Waals surface area contributed by atoms with E-state index < -0.39 is 16.0 Å². The summed E-state index contributed by atoms with van der Waals surface area (Å²) in [5.41, 5.74) is 0.548. The predicted octanol–water partition coefficient (Wildman–Crippen LogP) is 1.13. The number of halogens is 1. The second-order valence-corrected chi connectivity index (χ2v) is 5.99. The number of aryl methyl sites for hydroxylation is 1. The maximum Gasteiger partial charge on any atom is 0.305 e. The summed E-state index contributed by atoms with van der Waals surface area (Å²) in [6.45, 7) is 1.67. The molecule has 1 aromatic heterocycles. The van der Waals surface area contributed by atoms with Crippen molar-refractivity contribution >= 4 is 33.5 Å². The van der Waals surface area contributed by atoms with Gasteiger partial charge in [-0.2, -0.15) is 0 Å². The van der Waals surface area contributed by atoms with E-state index in [1.54, 1.807) is 6.92 Å². The van der Waals surface area contributed by atoms with E-state index >= 15 is 0 Å². The first-order chi connectivity index (χ1) is 8.82. The van der Waals surface area contributed by atoms with Gasteiger partial charge < -0.3 is 4.74 Å². The van der Waals surface area contributed by atoms with Gasteiger partial charge in [-0.15, -0.1) is 0 Å². The van der Waals surface area contributed by atoms with Crippen molar-refractivity contribution in [1.82, 2.24) is 9.97 Å².